The number of rotatable bonds is 4. The molecule has 1 aliphatic heterocycles. The van der Waals surface area contributed by atoms with Gasteiger partial charge >= 0.3 is 0 Å². The van der Waals surface area contributed by atoms with E-state index < -0.39 is 16.1 Å². The van der Waals surface area contributed by atoms with Crippen molar-refractivity contribution in [2.24, 2.45) is 0 Å². The Hall–Kier alpha value is -2.55. The average molecular weight is 428 g/mol. The van der Waals surface area contributed by atoms with Gasteiger partial charge in [-0.2, -0.15) is 4.31 Å². The molecule has 3 aromatic rings. The maximum Gasteiger partial charge on any atom is 0.244 e. The van der Waals surface area contributed by atoms with Crippen LogP contribution in [0.4, 0.5) is 5.13 Å². The highest BCUT2D eigenvalue weighted by Gasteiger charge is 2.39. The van der Waals surface area contributed by atoms with Crippen LogP contribution in [0.15, 0.2) is 58.8 Å². The molecular formula is C21H21N3O3S2. The van der Waals surface area contributed by atoms with Crippen molar-refractivity contribution in [2.45, 2.75) is 37.8 Å². The first kappa shape index (κ1) is 19.8. The van der Waals surface area contributed by atoms with E-state index in [4.69, 9.17) is 0 Å². The number of carbonyl (C=O) groups is 1. The molecule has 4 rings (SSSR count). The largest absolute Gasteiger partial charge is 0.301 e. The van der Waals surface area contributed by atoms with E-state index >= 15 is 0 Å². The number of thiazole rings is 1. The maximum atomic E-state index is 13.4. The molecule has 0 saturated heterocycles. The molecule has 1 atom stereocenters. The molecule has 2 heterocycles. The molecule has 0 spiro atoms. The highest BCUT2D eigenvalue weighted by atomic mass is 32.2. The standard InChI is InChI=1S/C21H21N3O3S2/c1-14-7-9-18(10-8-14)29(26,27)24-12-17-6-4-3-5-16(17)11-19(24)20(25)23-21-22-15(2)13-28-21/h3-10,13,19H,11-12H2,1-2H3,(H,22,23,25). The van der Waals surface area contributed by atoms with Crippen LogP contribution in [-0.2, 0) is 27.8 Å². The Morgan fingerprint density at radius 1 is 1.10 bits per heavy atom. The first-order chi connectivity index (χ1) is 13.8. The van der Waals surface area contributed by atoms with Crippen molar-refractivity contribution in [1.29, 1.82) is 0 Å². The van der Waals surface area contributed by atoms with Crippen molar-refractivity contribution in [3.63, 3.8) is 0 Å². The van der Waals surface area contributed by atoms with Gasteiger partial charge in [0.05, 0.1) is 10.6 Å². The van der Waals surface area contributed by atoms with E-state index in [0.717, 1.165) is 22.4 Å². The van der Waals surface area contributed by atoms with E-state index in [2.05, 4.69) is 10.3 Å². The zero-order chi connectivity index (χ0) is 20.6. The van der Waals surface area contributed by atoms with Crippen molar-refractivity contribution < 1.29 is 13.2 Å². The van der Waals surface area contributed by atoms with E-state index in [1.54, 1.807) is 24.3 Å². The summed E-state index contributed by atoms with van der Waals surface area (Å²) in [6.07, 6.45) is 0.317. The molecule has 0 fully saturated rings. The van der Waals surface area contributed by atoms with Crippen LogP contribution in [0, 0.1) is 13.8 Å². The number of amides is 1. The summed E-state index contributed by atoms with van der Waals surface area (Å²) in [6, 6.07) is 13.5. The summed E-state index contributed by atoms with van der Waals surface area (Å²) in [5.41, 5.74) is 3.68. The summed E-state index contributed by atoms with van der Waals surface area (Å²) >= 11 is 1.32. The first-order valence-corrected chi connectivity index (χ1v) is 11.5. The molecule has 0 radical (unpaired) electrons. The lowest BCUT2D eigenvalue weighted by Crippen LogP contribution is -2.50. The molecule has 0 bridgehead atoms. The summed E-state index contributed by atoms with van der Waals surface area (Å²) in [4.78, 5) is 17.5. The predicted octanol–water partition coefficient (Wildman–Crippen LogP) is 3.51. The van der Waals surface area contributed by atoms with Crippen LogP contribution in [0.1, 0.15) is 22.4 Å². The van der Waals surface area contributed by atoms with Gasteiger partial charge in [0.15, 0.2) is 5.13 Å². The third-order valence-corrected chi connectivity index (χ3v) is 7.73. The highest BCUT2D eigenvalue weighted by molar-refractivity contribution is 7.89. The Kier molecular flexibility index (Phi) is 5.24. The lowest BCUT2D eigenvalue weighted by Gasteiger charge is -2.34. The summed E-state index contributed by atoms with van der Waals surface area (Å²) in [5, 5.41) is 5.10. The topological polar surface area (TPSA) is 79.4 Å². The van der Waals surface area contributed by atoms with E-state index in [0.29, 0.717) is 11.6 Å². The van der Waals surface area contributed by atoms with Crippen LogP contribution in [0.25, 0.3) is 0 Å². The molecule has 2 aromatic carbocycles. The van der Waals surface area contributed by atoms with E-state index in [1.807, 2.05) is 43.5 Å². The van der Waals surface area contributed by atoms with Gasteiger partial charge in [0.1, 0.15) is 6.04 Å². The van der Waals surface area contributed by atoms with Gasteiger partial charge in [-0.1, -0.05) is 42.0 Å². The molecule has 1 aromatic heterocycles. The van der Waals surface area contributed by atoms with Gasteiger partial charge < -0.3 is 5.32 Å². The molecule has 150 valence electrons. The first-order valence-electron chi connectivity index (χ1n) is 9.23. The SMILES string of the molecule is Cc1ccc(S(=O)(=O)N2Cc3ccccc3CC2C(=O)Nc2nc(C)cs2)cc1. The Morgan fingerprint density at radius 3 is 2.45 bits per heavy atom. The Balaban J connectivity index is 1.71. The molecule has 6 nitrogen and oxygen atoms in total. The molecule has 1 unspecified atom stereocenters. The number of nitrogens with one attached hydrogen (secondary N) is 1. The zero-order valence-corrected chi connectivity index (χ0v) is 17.8. The number of hydrogen-bond donors (Lipinski definition) is 1. The van der Waals surface area contributed by atoms with Gasteiger partial charge in [-0.3, -0.25) is 4.79 Å². The Bertz CT molecular complexity index is 1150. The molecule has 29 heavy (non-hydrogen) atoms. The highest BCUT2D eigenvalue weighted by Crippen LogP contribution is 2.30. The van der Waals surface area contributed by atoms with E-state index in [-0.39, 0.29) is 17.3 Å². The molecule has 1 aliphatic rings. The minimum absolute atomic E-state index is 0.154. The van der Waals surface area contributed by atoms with Crippen LogP contribution in [0.3, 0.4) is 0 Å². The van der Waals surface area contributed by atoms with Crippen LogP contribution in [0.2, 0.25) is 0 Å². The average Bonchev–Trinajstić information content (AvgIpc) is 3.11. The van der Waals surface area contributed by atoms with Gasteiger partial charge in [-0.05, 0) is 43.5 Å². The molecule has 1 N–H and O–H groups in total. The van der Waals surface area contributed by atoms with Crippen molar-refractivity contribution in [1.82, 2.24) is 9.29 Å². The number of sulfonamides is 1. The van der Waals surface area contributed by atoms with Crippen LogP contribution >= 0.6 is 11.3 Å². The number of aromatic nitrogens is 1. The summed E-state index contributed by atoms with van der Waals surface area (Å²) in [7, 11) is -3.85. The van der Waals surface area contributed by atoms with Crippen molar-refractivity contribution in [2.75, 3.05) is 5.32 Å². The summed E-state index contributed by atoms with van der Waals surface area (Å²) in [6.45, 7) is 3.90. The number of fused-ring (bicyclic) bond motifs is 1. The lowest BCUT2D eigenvalue weighted by molar-refractivity contribution is -0.120. The van der Waals surface area contributed by atoms with E-state index in [9.17, 15) is 13.2 Å². The lowest BCUT2D eigenvalue weighted by atomic mass is 9.95. The van der Waals surface area contributed by atoms with Crippen molar-refractivity contribution in [3.05, 3.63) is 76.3 Å². The van der Waals surface area contributed by atoms with Crippen LogP contribution in [-0.4, -0.2) is 29.7 Å². The zero-order valence-electron chi connectivity index (χ0n) is 16.1. The van der Waals surface area contributed by atoms with Crippen molar-refractivity contribution in [3.8, 4) is 0 Å². The molecule has 0 aliphatic carbocycles. The molecular weight excluding hydrogens is 406 g/mol. The monoisotopic (exact) mass is 427 g/mol. The van der Waals surface area contributed by atoms with E-state index in [1.165, 1.54) is 15.6 Å². The quantitative estimate of drug-likeness (QED) is 0.691. The van der Waals surface area contributed by atoms with Gasteiger partial charge in [0.2, 0.25) is 15.9 Å². The second-order valence-corrected chi connectivity index (χ2v) is 9.88. The van der Waals surface area contributed by atoms with Gasteiger partial charge in [0.25, 0.3) is 0 Å². The third kappa shape index (κ3) is 3.96. The Labute approximate surface area is 174 Å². The van der Waals surface area contributed by atoms with Crippen LogP contribution in [0.5, 0.6) is 0 Å². The molecule has 1 amide bonds. The fraction of sp³-hybridized carbons (Fsp3) is 0.238. The number of hydrogen-bond acceptors (Lipinski definition) is 5. The van der Waals surface area contributed by atoms with Gasteiger partial charge in [-0.15, -0.1) is 11.3 Å². The van der Waals surface area contributed by atoms with Crippen molar-refractivity contribution >= 4 is 32.4 Å². The predicted molar refractivity (Wildman–Crippen MR) is 113 cm³/mol. The smallest absolute Gasteiger partial charge is 0.244 e. The normalized spacial score (nSPS) is 17.0. The number of anilines is 1. The van der Waals surface area contributed by atoms with Gasteiger partial charge in [-0.25, -0.2) is 13.4 Å². The number of aryl methyl sites for hydroxylation is 2. The fourth-order valence-corrected chi connectivity index (χ4v) is 5.68. The molecule has 8 heteroatoms. The van der Waals surface area contributed by atoms with Crippen LogP contribution < -0.4 is 5.32 Å². The fourth-order valence-electron chi connectivity index (χ4n) is 3.42. The van der Waals surface area contributed by atoms with Gasteiger partial charge in [0, 0.05) is 11.9 Å². The number of benzene rings is 2. The Morgan fingerprint density at radius 2 is 1.79 bits per heavy atom. The second-order valence-electron chi connectivity index (χ2n) is 7.14. The summed E-state index contributed by atoms with van der Waals surface area (Å²) < 4.78 is 28.1. The number of nitrogens with zero attached hydrogens (tertiary/aromatic N) is 2. The summed E-state index contributed by atoms with van der Waals surface area (Å²) in [5.74, 6) is -0.371. The molecule has 0 saturated carbocycles. The minimum atomic E-state index is -3.85. The second kappa shape index (κ2) is 7.70. The minimum Gasteiger partial charge on any atom is -0.301 e. The third-order valence-electron chi connectivity index (χ3n) is 4.98. The maximum absolute atomic E-state index is 13.4. The number of carbonyl (C=O) groups excluding carboxylic acids is 1.